The number of carbonyl (C=O) groups excluding carboxylic acids is 1. The summed E-state index contributed by atoms with van der Waals surface area (Å²) in [6.07, 6.45) is 1.73. The molecule has 2 heterocycles. The minimum Gasteiger partial charge on any atom is -0.497 e. The Morgan fingerprint density at radius 2 is 1.81 bits per heavy atom. The first-order chi connectivity index (χ1) is 17.9. The molecule has 9 nitrogen and oxygen atoms in total. The van der Waals surface area contributed by atoms with Gasteiger partial charge in [0.15, 0.2) is 16.3 Å². The predicted molar refractivity (Wildman–Crippen MR) is 139 cm³/mol. The molecule has 1 aromatic heterocycles. The zero-order valence-corrected chi connectivity index (χ0v) is 22.3. The zero-order valence-electron chi connectivity index (χ0n) is 21.5. The number of carbonyl (C=O) groups is 1. The van der Waals surface area contributed by atoms with Crippen molar-refractivity contribution in [3.05, 3.63) is 78.5 Å². The molecule has 37 heavy (non-hydrogen) atoms. The second kappa shape index (κ2) is 10.9. The van der Waals surface area contributed by atoms with Crippen molar-refractivity contribution < 1.29 is 28.5 Å². The van der Waals surface area contributed by atoms with E-state index in [4.69, 9.17) is 23.7 Å². The number of aromatic nitrogens is 1. The predicted octanol–water partition coefficient (Wildman–Crippen LogP) is 2.83. The summed E-state index contributed by atoms with van der Waals surface area (Å²) in [6, 6.07) is 9.83. The van der Waals surface area contributed by atoms with Crippen LogP contribution in [0.1, 0.15) is 31.0 Å². The third-order valence-corrected chi connectivity index (χ3v) is 6.95. The standard InChI is InChI=1S/C27H28N2O7S/c1-7-36-26(31)22-15(2)28-27-29(23(22)18-9-8-10-20(34-5)24(18)35-6)25(30)21(37-27)14-16-13-17(32-3)11-12-19(16)33-4/h8-14,23H,7H2,1-6H3. The molecular weight excluding hydrogens is 496 g/mol. The third kappa shape index (κ3) is 4.72. The lowest BCUT2D eigenvalue weighted by atomic mass is 9.94. The maximum Gasteiger partial charge on any atom is 0.338 e. The largest absolute Gasteiger partial charge is 0.497 e. The quantitative estimate of drug-likeness (QED) is 0.418. The van der Waals surface area contributed by atoms with Crippen LogP contribution in [-0.4, -0.2) is 45.6 Å². The summed E-state index contributed by atoms with van der Waals surface area (Å²) in [4.78, 5) is 32.1. The maximum absolute atomic E-state index is 13.9. The van der Waals surface area contributed by atoms with Crippen LogP contribution in [0.4, 0.5) is 0 Å². The Hall–Kier alpha value is -4.05. The van der Waals surface area contributed by atoms with Gasteiger partial charge in [-0.3, -0.25) is 9.36 Å². The lowest BCUT2D eigenvalue weighted by Gasteiger charge is -2.26. The number of benzene rings is 2. The molecule has 0 radical (unpaired) electrons. The van der Waals surface area contributed by atoms with Gasteiger partial charge in [-0.25, -0.2) is 9.79 Å². The van der Waals surface area contributed by atoms with Crippen molar-refractivity contribution in [2.24, 2.45) is 4.99 Å². The van der Waals surface area contributed by atoms with E-state index in [0.29, 0.717) is 49.2 Å². The Kier molecular flexibility index (Phi) is 7.68. The molecule has 4 rings (SSSR count). The molecule has 1 atom stereocenters. The molecule has 194 valence electrons. The minimum atomic E-state index is -0.838. The molecule has 0 N–H and O–H groups in total. The van der Waals surface area contributed by atoms with Gasteiger partial charge in [0.05, 0.1) is 50.8 Å². The Morgan fingerprint density at radius 3 is 2.46 bits per heavy atom. The summed E-state index contributed by atoms with van der Waals surface area (Å²) >= 11 is 1.22. The van der Waals surface area contributed by atoms with Crippen molar-refractivity contribution in [1.29, 1.82) is 0 Å². The number of methoxy groups -OCH3 is 4. The van der Waals surface area contributed by atoms with Gasteiger partial charge >= 0.3 is 5.97 Å². The van der Waals surface area contributed by atoms with Crippen molar-refractivity contribution in [3.63, 3.8) is 0 Å². The van der Waals surface area contributed by atoms with E-state index >= 15 is 0 Å². The Balaban J connectivity index is 2.03. The molecule has 0 fully saturated rings. The van der Waals surface area contributed by atoms with Crippen LogP contribution in [0, 0.1) is 0 Å². The average Bonchev–Trinajstić information content (AvgIpc) is 3.21. The molecule has 0 saturated carbocycles. The number of rotatable bonds is 8. The number of ether oxygens (including phenoxy) is 5. The number of allylic oxidation sites excluding steroid dienone is 1. The van der Waals surface area contributed by atoms with Crippen molar-refractivity contribution in [2.75, 3.05) is 35.0 Å². The van der Waals surface area contributed by atoms with Crippen LogP contribution in [0.3, 0.4) is 0 Å². The second-order valence-corrected chi connectivity index (χ2v) is 9.00. The molecule has 1 aliphatic heterocycles. The normalized spacial score (nSPS) is 15.1. The van der Waals surface area contributed by atoms with E-state index in [1.807, 2.05) is 0 Å². The molecule has 0 amide bonds. The van der Waals surface area contributed by atoms with Crippen molar-refractivity contribution in [3.8, 4) is 23.0 Å². The number of esters is 1. The Bertz CT molecular complexity index is 1550. The van der Waals surface area contributed by atoms with Crippen molar-refractivity contribution in [2.45, 2.75) is 19.9 Å². The van der Waals surface area contributed by atoms with Gasteiger partial charge in [0.2, 0.25) is 0 Å². The van der Waals surface area contributed by atoms with Crippen LogP contribution in [0.15, 0.2) is 57.5 Å². The molecule has 3 aromatic rings. The average molecular weight is 525 g/mol. The Labute approximate surface area is 217 Å². The van der Waals surface area contributed by atoms with Gasteiger partial charge in [0.25, 0.3) is 5.56 Å². The highest BCUT2D eigenvalue weighted by molar-refractivity contribution is 7.07. The molecule has 2 aromatic carbocycles. The van der Waals surface area contributed by atoms with Crippen LogP contribution in [0.5, 0.6) is 23.0 Å². The van der Waals surface area contributed by atoms with E-state index in [9.17, 15) is 9.59 Å². The first-order valence-corrected chi connectivity index (χ1v) is 12.3. The highest BCUT2D eigenvalue weighted by atomic mass is 32.1. The van der Waals surface area contributed by atoms with Crippen LogP contribution in [0.25, 0.3) is 6.08 Å². The highest BCUT2D eigenvalue weighted by Crippen LogP contribution is 2.40. The maximum atomic E-state index is 13.9. The summed E-state index contributed by atoms with van der Waals surface area (Å²) in [6.45, 7) is 3.64. The highest BCUT2D eigenvalue weighted by Gasteiger charge is 2.35. The van der Waals surface area contributed by atoms with Gasteiger partial charge in [-0.1, -0.05) is 23.5 Å². The van der Waals surface area contributed by atoms with Crippen molar-refractivity contribution in [1.82, 2.24) is 4.57 Å². The van der Waals surface area contributed by atoms with Gasteiger partial charge in [-0.2, -0.15) is 0 Å². The monoisotopic (exact) mass is 524 g/mol. The fourth-order valence-corrected chi connectivity index (χ4v) is 5.34. The van der Waals surface area contributed by atoms with Crippen LogP contribution in [-0.2, 0) is 9.53 Å². The smallest absolute Gasteiger partial charge is 0.338 e. The molecule has 10 heteroatoms. The molecule has 0 bridgehead atoms. The zero-order chi connectivity index (χ0) is 26.7. The third-order valence-electron chi connectivity index (χ3n) is 5.97. The van der Waals surface area contributed by atoms with Crippen molar-refractivity contribution >= 4 is 23.4 Å². The molecular formula is C27H28N2O7S. The van der Waals surface area contributed by atoms with E-state index in [1.54, 1.807) is 70.5 Å². The molecule has 1 aliphatic rings. The van der Waals surface area contributed by atoms with Gasteiger partial charge in [0, 0.05) is 11.1 Å². The molecule has 0 spiro atoms. The number of para-hydroxylation sites is 1. The number of hydrogen-bond acceptors (Lipinski definition) is 9. The molecule has 1 unspecified atom stereocenters. The van der Waals surface area contributed by atoms with Crippen LogP contribution >= 0.6 is 11.3 Å². The fourth-order valence-electron chi connectivity index (χ4n) is 4.31. The van der Waals surface area contributed by atoms with Gasteiger partial charge in [-0.15, -0.1) is 0 Å². The SMILES string of the molecule is CCOC(=O)C1=C(C)N=c2sc(=Cc3cc(OC)ccc3OC)c(=O)n2C1c1cccc(OC)c1OC. The first kappa shape index (κ1) is 26.0. The molecule has 0 saturated heterocycles. The van der Waals surface area contributed by atoms with Gasteiger partial charge in [0.1, 0.15) is 17.5 Å². The first-order valence-electron chi connectivity index (χ1n) is 11.5. The number of fused-ring (bicyclic) bond motifs is 1. The summed E-state index contributed by atoms with van der Waals surface area (Å²) < 4.78 is 29.3. The lowest BCUT2D eigenvalue weighted by molar-refractivity contribution is -0.139. The lowest BCUT2D eigenvalue weighted by Crippen LogP contribution is -2.40. The van der Waals surface area contributed by atoms with E-state index in [2.05, 4.69) is 4.99 Å². The summed E-state index contributed by atoms with van der Waals surface area (Å²) in [5.74, 6) is 1.54. The van der Waals surface area contributed by atoms with E-state index in [0.717, 1.165) is 0 Å². The Morgan fingerprint density at radius 1 is 1.05 bits per heavy atom. The molecule has 0 aliphatic carbocycles. The van der Waals surface area contributed by atoms with Gasteiger partial charge < -0.3 is 23.7 Å². The number of thiazole rings is 1. The second-order valence-electron chi connectivity index (χ2n) is 7.99. The van der Waals surface area contributed by atoms with E-state index < -0.39 is 12.0 Å². The topological polar surface area (TPSA) is 97.6 Å². The number of nitrogens with zero attached hydrogens (tertiary/aromatic N) is 2. The van der Waals surface area contributed by atoms with Gasteiger partial charge in [-0.05, 0) is 44.2 Å². The number of hydrogen-bond donors (Lipinski definition) is 0. The summed E-state index contributed by atoms with van der Waals surface area (Å²) in [5, 5.41) is 0. The minimum absolute atomic E-state index is 0.178. The van der Waals surface area contributed by atoms with Crippen LogP contribution in [0.2, 0.25) is 0 Å². The summed E-state index contributed by atoms with van der Waals surface area (Å²) in [7, 11) is 6.17. The fraction of sp³-hybridized carbons (Fsp3) is 0.296. The summed E-state index contributed by atoms with van der Waals surface area (Å²) in [5.41, 5.74) is 1.64. The van der Waals surface area contributed by atoms with Crippen LogP contribution < -0.4 is 33.8 Å². The van der Waals surface area contributed by atoms with E-state index in [-0.39, 0.29) is 17.7 Å². The van der Waals surface area contributed by atoms with E-state index in [1.165, 1.54) is 30.1 Å².